The van der Waals surface area contributed by atoms with E-state index in [2.05, 4.69) is 41.3 Å². The van der Waals surface area contributed by atoms with Gasteiger partial charge in [-0.1, -0.05) is 26.0 Å². The summed E-state index contributed by atoms with van der Waals surface area (Å²) < 4.78 is 5.83. The maximum Gasteiger partial charge on any atom is 0.238 e. The number of ether oxygens (including phenoxy) is 1. The number of hydrogen-bond acceptors (Lipinski definition) is 4. The van der Waals surface area contributed by atoms with Gasteiger partial charge >= 0.3 is 0 Å². The van der Waals surface area contributed by atoms with Gasteiger partial charge in [-0.05, 0) is 36.5 Å². The monoisotopic (exact) mass is 283 g/mol. The predicted molar refractivity (Wildman–Crippen MR) is 82.5 cm³/mol. The van der Waals surface area contributed by atoms with Crippen LogP contribution in [-0.2, 0) is 6.54 Å². The van der Waals surface area contributed by atoms with Crippen LogP contribution in [0.15, 0.2) is 36.7 Å². The molecule has 3 rings (SSSR count). The molecule has 0 atom stereocenters. The topological polar surface area (TPSA) is 47.0 Å². The molecule has 0 aliphatic heterocycles. The van der Waals surface area contributed by atoms with E-state index in [9.17, 15) is 0 Å². The first kappa shape index (κ1) is 14.0. The van der Waals surface area contributed by atoms with E-state index < -0.39 is 0 Å². The second kappa shape index (κ2) is 6.22. The first-order valence-corrected chi connectivity index (χ1v) is 7.53. The summed E-state index contributed by atoms with van der Waals surface area (Å²) >= 11 is 0. The highest BCUT2D eigenvalue weighted by atomic mass is 16.5. The van der Waals surface area contributed by atoms with Crippen LogP contribution in [-0.4, -0.2) is 16.0 Å². The second-order valence-corrected chi connectivity index (χ2v) is 5.83. The van der Waals surface area contributed by atoms with Crippen LogP contribution in [0.5, 0.6) is 11.6 Å². The van der Waals surface area contributed by atoms with E-state index in [0.29, 0.717) is 17.8 Å². The quantitative estimate of drug-likeness (QED) is 0.879. The number of aromatic nitrogens is 2. The summed E-state index contributed by atoms with van der Waals surface area (Å²) in [6, 6.07) is 8.79. The largest absolute Gasteiger partial charge is 0.437 e. The summed E-state index contributed by atoms with van der Waals surface area (Å²) in [6.45, 7) is 5.09. The highest BCUT2D eigenvalue weighted by Gasteiger charge is 2.20. The van der Waals surface area contributed by atoms with Crippen LogP contribution in [0.1, 0.15) is 43.9 Å². The standard InChI is InChI=1S/C17H21N3O/c1-12(2)13-4-3-5-16(8-13)21-17-11-18-9-15(20-17)10-19-14-6-7-14/h3-5,8-9,11-12,14,19H,6-7,10H2,1-2H3. The average Bonchev–Trinajstić information content (AvgIpc) is 3.30. The van der Waals surface area contributed by atoms with Gasteiger partial charge in [0, 0.05) is 18.8 Å². The third-order valence-corrected chi connectivity index (χ3v) is 3.56. The third-order valence-electron chi connectivity index (χ3n) is 3.56. The summed E-state index contributed by atoms with van der Waals surface area (Å²) in [5, 5.41) is 3.43. The Bertz CT molecular complexity index is 608. The molecular formula is C17H21N3O. The van der Waals surface area contributed by atoms with Gasteiger partial charge in [0.05, 0.1) is 11.9 Å². The Morgan fingerprint density at radius 1 is 1.29 bits per heavy atom. The molecule has 1 aliphatic carbocycles. The fraction of sp³-hybridized carbons (Fsp3) is 0.412. The fourth-order valence-electron chi connectivity index (χ4n) is 2.11. The molecule has 1 aromatic carbocycles. The van der Waals surface area contributed by atoms with Crippen molar-refractivity contribution in [1.82, 2.24) is 15.3 Å². The first-order valence-electron chi connectivity index (χ1n) is 7.53. The molecular weight excluding hydrogens is 262 g/mol. The molecule has 1 aliphatic rings. The lowest BCUT2D eigenvalue weighted by molar-refractivity contribution is 0.455. The summed E-state index contributed by atoms with van der Waals surface area (Å²) in [5.41, 5.74) is 2.17. The summed E-state index contributed by atoms with van der Waals surface area (Å²) in [5.74, 6) is 1.84. The van der Waals surface area contributed by atoms with Gasteiger partial charge in [-0.2, -0.15) is 0 Å². The smallest absolute Gasteiger partial charge is 0.238 e. The zero-order chi connectivity index (χ0) is 14.7. The van der Waals surface area contributed by atoms with Crippen LogP contribution in [0.4, 0.5) is 0 Å². The first-order chi connectivity index (χ1) is 10.2. The lowest BCUT2D eigenvalue weighted by atomic mass is 10.0. The number of benzene rings is 1. The van der Waals surface area contributed by atoms with Crippen molar-refractivity contribution in [2.45, 2.75) is 45.2 Å². The normalized spacial score (nSPS) is 14.4. The summed E-state index contributed by atoms with van der Waals surface area (Å²) in [7, 11) is 0. The molecule has 1 N–H and O–H groups in total. The van der Waals surface area contributed by atoms with Crippen LogP contribution in [0.25, 0.3) is 0 Å². The SMILES string of the molecule is CC(C)c1cccc(Oc2cncc(CNC3CC3)n2)c1. The Labute approximate surface area is 125 Å². The molecule has 4 heteroatoms. The molecule has 0 amide bonds. The molecule has 4 nitrogen and oxygen atoms in total. The van der Waals surface area contributed by atoms with Crippen LogP contribution in [0.2, 0.25) is 0 Å². The van der Waals surface area contributed by atoms with Gasteiger partial charge in [0.1, 0.15) is 5.75 Å². The number of nitrogens with one attached hydrogen (secondary N) is 1. The van der Waals surface area contributed by atoms with Crippen LogP contribution in [0.3, 0.4) is 0 Å². The Morgan fingerprint density at radius 2 is 2.14 bits per heavy atom. The van der Waals surface area contributed by atoms with Crippen LogP contribution in [0, 0.1) is 0 Å². The lowest BCUT2D eigenvalue weighted by Gasteiger charge is -2.09. The Kier molecular flexibility index (Phi) is 4.15. The van der Waals surface area contributed by atoms with E-state index >= 15 is 0 Å². The van der Waals surface area contributed by atoms with Gasteiger partial charge in [-0.15, -0.1) is 0 Å². The van der Waals surface area contributed by atoms with Gasteiger partial charge in [0.15, 0.2) is 0 Å². The molecule has 21 heavy (non-hydrogen) atoms. The van der Waals surface area contributed by atoms with Crippen molar-refractivity contribution >= 4 is 0 Å². The van der Waals surface area contributed by atoms with E-state index in [1.165, 1.54) is 18.4 Å². The Balaban J connectivity index is 1.68. The highest BCUT2D eigenvalue weighted by Crippen LogP contribution is 2.24. The highest BCUT2D eigenvalue weighted by molar-refractivity contribution is 5.32. The van der Waals surface area contributed by atoms with Gasteiger partial charge < -0.3 is 10.1 Å². The minimum atomic E-state index is 0.480. The fourth-order valence-corrected chi connectivity index (χ4v) is 2.11. The number of nitrogens with zero attached hydrogens (tertiary/aromatic N) is 2. The van der Waals surface area contributed by atoms with Crippen molar-refractivity contribution in [3.05, 3.63) is 47.9 Å². The predicted octanol–water partition coefficient (Wildman–Crippen LogP) is 3.64. The van der Waals surface area contributed by atoms with Crippen molar-refractivity contribution in [1.29, 1.82) is 0 Å². The van der Waals surface area contributed by atoms with E-state index in [1.807, 2.05) is 12.1 Å². The van der Waals surface area contributed by atoms with E-state index in [-0.39, 0.29) is 0 Å². The minimum Gasteiger partial charge on any atom is -0.437 e. The molecule has 2 aromatic rings. The number of hydrogen-bond donors (Lipinski definition) is 1. The number of rotatable bonds is 6. The van der Waals surface area contributed by atoms with E-state index in [4.69, 9.17) is 4.74 Å². The molecule has 1 fully saturated rings. The Hall–Kier alpha value is -1.94. The van der Waals surface area contributed by atoms with Crippen molar-refractivity contribution in [2.75, 3.05) is 0 Å². The van der Waals surface area contributed by atoms with E-state index in [1.54, 1.807) is 12.4 Å². The second-order valence-electron chi connectivity index (χ2n) is 5.83. The van der Waals surface area contributed by atoms with Crippen molar-refractivity contribution in [3.8, 4) is 11.6 Å². The van der Waals surface area contributed by atoms with Crippen molar-refractivity contribution in [2.24, 2.45) is 0 Å². The molecule has 1 heterocycles. The summed E-state index contributed by atoms with van der Waals surface area (Å²) in [6.07, 6.45) is 5.98. The molecule has 0 spiro atoms. The maximum atomic E-state index is 5.83. The molecule has 0 bridgehead atoms. The van der Waals surface area contributed by atoms with Gasteiger partial charge in [-0.3, -0.25) is 4.98 Å². The maximum absolute atomic E-state index is 5.83. The van der Waals surface area contributed by atoms with Crippen LogP contribution < -0.4 is 10.1 Å². The van der Waals surface area contributed by atoms with Gasteiger partial charge in [0.25, 0.3) is 0 Å². The van der Waals surface area contributed by atoms with Gasteiger partial charge in [0.2, 0.25) is 5.88 Å². The Morgan fingerprint density at radius 3 is 2.90 bits per heavy atom. The zero-order valence-corrected chi connectivity index (χ0v) is 12.5. The molecule has 0 unspecified atom stereocenters. The molecule has 1 saturated carbocycles. The molecule has 110 valence electrons. The summed E-state index contributed by atoms with van der Waals surface area (Å²) in [4.78, 5) is 8.70. The van der Waals surface area contributed by atoms with E-state index in [0.717, 1.165) is 18.0 Å². The van der Waals surface area contributed by atoms with Crippen LogP contribution >= 0.6 is 0 Å². The molecule has 0 radical (unpaired) electrons. The third kappa shape index (κ3) is 4.02. The van der Waals surface area contributed by atoms with Gasteiger partial charge in [-0.25, -0.2) is 4.98 Å². The minimum absolute atomic E-state index is 0.480. The van der Waals surface area contributed by atoms with Crippen molar-refractivity contribution in [3.63, 3.8) is 0 Å². The average molecular weight is 283 g/mol. The molecule has 1 aromatic heterocycles. The zero-order valence-electron chi connectivity index (χ0n) is 12.5. The van der Waals surface area contributed by atoms with Crippen molar-refractivity contribution < 1.29 is 4.74 Å². The molecule has 0 saturated heterocycles. The lowest BCUT2D eigenvalue weighted by Crippen LogP contribution is -2.16.